The quantitative estimate of drug-likeness (QED) is 0.792. The predicted octanol–water partition coefficient (Wildman–Crippen LogP) is 3.44. The van der Waals surface area contributed by atoms with E-state index in [1.807, 2.05) is 18.4 Å². The second-order valence-corrected chi connectivity index (χ2v) is 8.95. The number of rotatable bonds is 4. The van der Waals surface area contributed by atoms with Crippen LogP contribution in [0, 0.1) is 5.41 Å². The van der Waals surface area contributed by atoms with Crippen LogP contribution in [-0.4, -0.2) is 23.3 Å². The molecule has 1 unspecified atom stereocenters. The highest BCUT2D eigenvalue weighted by atomic mass is 19.3. The van der Waals surface area contributed by atoms with Crippen molar-refractivity contribution in [3.63, 3.8) is 0 Å². The third-order valence-corrected chi connectivity index (χ3v) is 6.70. The molecular formula is C22H21F2N3O3. The number of alkyl halides is 2. The highest BCUT2D eigenvalue weighted by Gasteiger charge is 2.53. The van der Waals surface area contributed by atoms with Crippen LogP contribution in [0.5, 0.6) is 11.5 Å². The molecule has 1 atom stereocenters. The van der Waals surface area contributed by atoms with E-state index in [0.29, 0.717) is 24.1 Å². The molecular weight excluding hydrogens is 392 g/mol. The fourth-order valence-electron chi connectivity index (χ4n) is 4.29. The van der Waals surface area contributed by atoms with Gasteiger partial charge in [0.2, 0.25) is 5.91 Å². The summed E-state index contributed by atoms with van der Waals surface area (Å²) in [7, 11) is 0. The Hall–Kier alpha value is -3.03. The Kier molecular flexibility index (Phi) is 3.30. The molecule has 0 radical (unpaired) electrons. The molecule has 0 aromatic heterocycles. The number of nitrogens with one attached hydrogen (secondary N) is 2. The average Bonchev–Trinajstić information content (AvgIpc) is 3.58. The number of hydrogen-bond acceptors (Lipinski definition) is 5. The number of fused-ring (bicyclic) bond motifs is 2. The molecule has 0 bridgehead atoms. The van der Waals surface area contributed by atoms with Crippen molar-refractivity contribution in [3.8, 4) is 11.5 Å². The highest BCUT2D eigenvalue weighted by molar-refractivity contribution is 5.93. The second-order valence-electron chi connectivity index (χ2n) is 8.95. The Morgan fingerprint density at radius 3 is 2.67 bits per heavy atom. The van der Waals surface area contributed by atoms with Gasteiger partial charge in [0.1, 0.15) is 6.17 Å². The van der Waals surface area contributed by atoms with Crippen molar-refractivity contribution in [3.05, 3.63) is 59.7 Å². The summed E-state index contributed by atoms with van der Waals surface area (Å²) >= 11 is 0. The molecule has 1 amide bonds. The fourth-order valence-corrected chi connectivity index (χ4v) is 4.29. The zero-order valence-electron chi connectivity index (χ0n) is 16.4. The van der Waals surface area contributed by atoms with Gasteiger partial charge in [-0.1, -0.05) is 13.0 Å². The van der Waals surface area contributed by atoms with Gasteiger partial charge >= 0.3 is 6.29 Å². The third kappa shape index (κ3) is 2.69. The molecule has 0 spiro atoms. The molecule has 3 heterocycles. The largest absolute Gasteiger partial charge is 0.586 e. The Labute approximate surface area is 172 Å². The molecule has 5 aliphatic rings. The first-order chi connectivity index (χ1) is 14.3. The topological polar surface area (TPSA) is 62.8 Å². The van der Waals surface area contributed by atoms with E-state index in [1.165, 1.54) is 30.7 Å². The minimum absolute atomic E-state index is 0.0163. The second kappa shape index (κ2) is 5.56. The van der Waals surface area contributed by atoms with Crippen molar-refractivity contribution in [1.29, 1.82) is 0 Å². The van der Waals surface area contributed by atoms with E-state index < -0.39 is 11.7 Å². The van der Waals surface area contributed by atoms with E-state index in [9.17, 15) is 13.6 Å². The summed E-state index contributed by atoms with van der Waals surface area (Å²) in [5.74, 6) is -0.198. The number of allylic oxidation sites excluding steroid dienone is 2. The molecule has 2 fully saturated rings. The number of ether oxygens (including phenoxy) is 2. The van der Waals surface area contributed by atoms with E-state index in [4.69, 9.17) is 0 Å². The maximum Gasteiger partial charge on any atom is 0.586 e. The highest BCUT2D eigenvalue weighted by Crippen LogP contribution is 2.53. The van der Waals surface area contributed by atoms with Gasteiger partial charge in [-0.2, -0.15) is 0 Å². The number of carbonyl (C=O) groups is 1. The number of benzene rings is 1. The van der Waals surface area contributed by atoms with Crippen LogP contribution in [0.1, 0.15) is 38.2 Å². The molecule has 2 aliphatic carbocycles. The Morgan fingerprint density at radius 2 is 1.93 bits per heavy atom. The minimum Gasteiger partial charge on any atom is -0.395 e. The molecule has 2 saturated carbocycles. The molecule has 1 aromatic carbocycles. The van der Waals surface area contributed by atoms with E-state index >= 15 is 0 Å². The fraction of sp³-hybridized carbons (Fsp3) is 0.409. The van der Waals surface area contributed by atoms with Gasteiger partial charge in [0.15, 0.2) is 11.5 Å². The van der Waals surface area contributed by atoms with Gasteiger partial charge in [-0.3, -0.25) is 4.79 Å². The summed E-state index contributed by atoms with van der Waals surface area (Å²) in [5, 5.41) is 6.53. The van der Waals surface area contributed by atoms with E-state index in [-0.39, 0.29) is 29.0 Å². The zero-order valence-corrected chi connectivity index (χ0v) is 16.4. The summed E-state index contributed by atoms with van der Waals surface area (Å²) in [4.78, 5) is 15.2. The monoisotopic (exact) mass is 413 g/mol. The van der Waals surface area contributed by atoms with Gasteiger partial charge in [-0.25, -0.2) is 0 Å². The van der Waals surface area contributed by atoms with Crippen LogP contribution in [0.2, 0.25) is 0 Å². The number of hydrogen-bond donors (Lipinski definition) is 2. The zero-order chi connectivity index (χ0) is 20.7. The van der Waals surface area contributed by atoms with Crippen LogP contribution < -0.4 is 20.1 Å². The lowest BCUT2D eigenvalue weighted by Crippen LogP contribution is -2.38. The Morgan fingerprint density at radius 1 is 1.17 bits per heavy atom. The van der Waals surface area contributed by atoms with Crippen LogP contribution in [-0.2, 0) is 10.2 Å². The number of halogens is 2. The molecule has 8 heteroatoms. The van der Waals surface area contributed by atoms with Crippen molar-refractivity contribution in [1.82, 2.24) is 15.5 Å². The van der Waals surface area contributed by atoms with E-state index in [0.717, 1.165) is 0 Å². The molecule has 30 heavy (non-hydrogen) atoms. The number of nitrogens with zero attached hydrogens (tertiary/aromatic N) is 1. The van der Waals surface area contributed by atoms with Crippen LogP contribution in [0.4, 0.5) is 8.78 Å². The third-order valence-electron chi connectivity index (χ3n) is 6.70. The summed E-state index contributed by atoms with van der Waals surface area (Å²) in [6, 6.07) is 4.58. The van der Waals surface area contributed by atoms with Crippen molar-refractivity contribution in [2.75, 3.05) is 0 Å². The van der Waals surface area contributed by atoms with Crippen LogP contribution in [0.15, 0.2) is 54.1 Å². The first-order valence-electron chi connectivity index (χ1n) is 10.1. The van der Waals surface area contributed by atoms with Gasteiger partial charge in [0, 0.05) is 23.5 Å². The van der Waals surface area contributed by atoms with Crippen molar-refractivity contribution in [2.24, 2.45) is 5.41 Å². The van der Waals surface area contributed by atoms with Gasteiger partial charge < -0.3 is 25.0 Å². The first-order valence-corrected chi connectivity index (χ1v) is 10.1. The van der Waals surface area contributed by atoms with Gasteiger partial charge in [-0.05, 0) is 55.5 Å². The van der Waals surface area contributed by atoms with Crippen LogP contribution in [0.25, 0.3) is 0 Å². The van der Waals surface area contributed by atoms with Crippen molar-refractivity contribution < 1.29 is 23.0 Å². The van der Waals surface area contributed by atoms with Crippen LogP contribution in [0.3, 0.4) is 0 Å². The molecule has 3 aliphatic heterocycles. The van der Waals surface area contributed by atoms with Gasteiger partial charge in [-0.15, -0.1) is 8.78 Å². The SMILES string of the molecule is CC1(C2=CN3C=C(NC(=O)C4(c5ccc6c(c5)OC(F)(F)O6)CC4)C=CC3N2)CC1. The summed E-state index contributed by atoms with van der Waals surface area (Å²) < 4.78 is 35.6. The Bertz CT molecular complexity index is 1050. The Balaban J connectivity index is 1.20. The molecule has 6 rings (SSSR count). The number of carbonyl (C=O) groups excluding carboxylic acids is 1. The lowest BCUT2D eigenvalue weighted by atomic mass is 9.94. The molecule has 156 valence electrons. The number of amides is 1. The smallest absolute Gasteiger partial charge is 0.395 e. The van der Waals surface area contributed by atoms with Crippen molar-refractivity contribution >= 4 is 5.91 Å². The lowest BCUT2D eigenvalue weighted by Gasteiger charge is -2.25. The molecule has 2 N–H and O–H groups in total. The molecule has 1 aromatic rings. The minimum atomic E-state index is -3.66. The van der Waals surface area contributed by atoms with Crippen molar-refractivity contribution in [2.45, 2.75) is 50.5 Å². The average molecular weight is 413 g/mol. The van der Waals surface area contributed by atoms with E-state index in [1.54, 1.807) is 6.07 Å². The lowest BCUT2D eigenvalue weighted by molar-refractivity contribution is -0.286. The standard InChI is InChI=1S/C22H21F2N3O3/c1-20(6-7-20)17-12-27-11-14(3-5-18(27)26-17)25-19(28)21(8-9-21)13-2-4-15-16(10-13)30-22(23,24)29-15/h2-5,10-12,18,26H,6-9H2,1H3,(H,25,28). The van der Waals surface area contributed by atoms with E-state index in [2.05, 4.69) is 38.1 Å². The maximum atomic E-state index is 13.3. The summed E-state index contributed by atoms with van der Waals surface area (Å²) in [6.45, 7) is 2.25. The normalized spacial score (nSPS) is 27.6. The maximum absolute atomic E-state index is 13.3. The summed E-state index contributed by atoms with van der Waals surface area (Å²) in [5.41, 5.74) is 2.11. The molecule has 0 saturated heterocycles. The van der Waals surface area contributed by atoms with Crippen LogP contribution >= 0.6 is 0 Å². The summed E-state index contributed by atoms with van der Waals surface area (Å²) in [6.07, 6.45) is 8.04. The first kappa shape index (κ1) is 17.8. The van der Waals surface area contributed by atoms with Gasteiger partial charge in [0.25, 0.3) is 0 Å². The predicted molar refractivity (Wildman–Crippen MR) is 103 cm³/mol. The van der Waals surface area contributed by atoms with Gasteiger partial charge in [0.05, 0.1) is 11.1 Å². The molecule has 6 nitrogen and oxygen atoms in total.